The van der Waals surface area contributed by atoms with Gasteiger partial charge in [-0.1, -0.05) is 12.1 Å². The molecule has 6 heteroatoms. The quantitative estimate of drug-likeness (QED) is 0.905. The van der Waals surface area contributed by atoms with Gasteiger partial charge in [0, 0.05) is 24.5 Å². The summed E-state index contributed by atoms with van der Waals surface area (Å²) in [5, 5.41) is 5.75. The molecule has 0 fully saturated rings. The van der Waals surface area contributed by atoms with Gasteiger partial charge in [-0.3, -0.25) is 14.6 Å². The number of carbonyl (C=O) groups is 2. The molecule has 1 atom stereocenters. The molecule has 2 amide bonds. The van der Waals surface area contributed by atoms with Crippen molar-refractivity contribution in [2.45, 2.75) is 25.8 Å². The second kappa shape index (κ2) is 5.93. The van der Waals surface area contributed by atoms with Crippen LogP contribution in [0.15, 0.2) is 36.8 Å². The van der Waals surface area contributed by atoms with Crippen molar-refractivity contribution in [1.82, 2.24) is 15.3 Å². The summed E-state index contributed by atoms with van der Waals surface area (Å²) in [5.74, 6) is -0.212. The maximum absolute atomic E-state index is 12.1. The van der Waals surface area contributed by atoms with Crippen LogP contribution in [0.5, 0.6) is 0 Å². The molecule has 1 aliphatic rings. The normalized spacial score (nSPS) is 14.7. The first kappa shape index (κ1) is 14.2. The third kappa shape index (κ3) is 2.95. The van der Waals surface area contributed by atoms with Crippen molar-refractivity contribution in [2.24, 2.45) is 0 Å². The van der Waals surface area contributed by atoms with Crippen LogP contribution < -0.4 is 10.6 Å². The summed E-state index contributed by atoms with van der Waals surface area (Å²) < 4.78 is 0. The Morgan fingerprint density at radius 3 is 2.95 bits per heavy atom. The maximum atomic E-state index is 12.1. The van der Waals surface area contributed by atoms with Gasteiger partial charge in [-0.05, 0) is 30.5 Å². The number of hydrogen-bond acceptors (Lipinski definition) is 4. The van der Waals surface area contributed by atoms with Gasteiger partial charge in [0.1, 0.15) is 5.69 Å². The third-order valence-corrected chi connectivity index (χ3v) is 3.67. The lowest BCUT2D eigenvalue weighted by Gasteiger charge is -2.20. The van der Waals surface area contributed by atoms with E-state index in [0.717, 1.165) is 23.2 Å². The smallest absolute Gasteiger partial charge is 0.271 e. The van der Waals surface area contributed by atoms with E-state index in [2.05, 4.69) is 20.6 Å². The van der Waals surface area contributed by atoms with Crippen molar-refractivity contribution in [3.63, 3.8) is 0 Å². The molecule has 6 nitrogen and oxygen atoms in total. The molecule has 0 bridgehead atoms. The molecule has 2 aromatic rings. The van der Waals surface area contributed by atoms with Crippen LogP contribution in [0, 0.1) is 0 Å². The van der Waals surface area contributed by atoms with Crippen molar-refractivity contribution < 1.29 is 9.59 Å². The minimum Gasteiger partial charge on any atom is -0.344 e. The number of aromatic nitrogens is 2. The number of nitrogens with zero attached hydrogens (tertiary/aromatic N) is 2. The molecule has 0 radical (unpaired) electrons. The number of nitrogens with one attached hydrogen (secondary N) is 2. The number of hydrogen-bond donors (Lipinski definition) is 2. The average molecular weight is 296 g/mol. The standard InChI is InChI=1S/C16H16N4O2/c1-10(19-16(22)14-9-17-6-7-18-14)11-2-4-13-12(8-11)3-5-15(21)20-13/h2,4,6-10H,3,5H2,1H3,(H,19,22)(H,20,21)/t10-/m1/s1. The second-order valence-corrected chi connectivity index (χ2v) is 5.25. The topological polar surface area (TPSA) is 84.0 Å². The zero-order chi connectivity index (χ0) is 15.5. The van der Waals surface area contributed by atoms with Crippen LogP contribution in [0.25, 0.3) is 0 Å². The molecule has 0 saturated carbocycles. The number of amides is 2. The van der Waals surface area contributed by atoms with Crippen molar-refractivity contribution in [2.75, 3.05) is 5.32 Å². The van der Waals surface area contributed by atoms with Gasteiger partial charge in [-0.2, -0.15) is 0 Å². The number of benzene rings is 1. The lowest BCUT2D eigenvalue weighted by molar-refractivity contribution is -0.116. The number of fused-ring (bicyclic) bond motifs is 1. The Labute approximate surface area is 128 Å². The molecule has 22 heavy (non-hydrogen) atoms. The van der Waals surface area contributed by atoms with Crippen molar-refractivity contribution in [1.29, 1.82) is 0 Å². The summed E-state index contributed by atoms with van der Waals surface area (Å²) in [6.45, 7) is 1.91. The molecular formula is C16H16N4O2. The Kier molecular flexibility index (Phi) is 3.82. The molecule has 0 saturated heterocycles. The molecule has 0 spiro atoms. The van der Waals surface area contributed by atoms with E-state index in [1.165, 1.54) is 18.6 Å². The Morgan fingerprint density at radius 1 is 1.32 bits per heavy atom. The molecule has 1 aromatic carbocycles. The SMILES string of the molecule is C[C@@H](NC(=O)c1cnccn1)c1ccc2c(c1)CCC(=O)N2. The number of carbonyl (C=O) groups excluding carboxylic acids is 2. The molecule has 3 rings (SSSR count). The van der Waals surface area contributed by atoms with E-state index in [0.29, 0.717) is 12.1 Å². The lowest BCUT2D eigenvalue weighted by atomic mass is 9.98. The molecule has 0 aliphatic carbocycles. The van der Waals surface area contributed by atoms with E-state index >= 15 is 0 Å². The second-order valence-electron chi connectivity index (χ2n) is 5.25. The van der Waals surface area contributed by atoms with Gasteiger partial charge in [0.05, 0.1) is 12.2 Å². The molecule has 1 aliphatic heterocycles. The number of anilines is 1. The number of aryl methyl sites for hydroxylation is 1. The van der Waals surface area contributed by atoms with E-state index < -0.39 is 0 Å². The van der Waals surface area contributed by atoms with Crippen LogP contribution in [0.3, 0.4) is 0 Å². The highest BCUT2D eigenvalue weighted by Gasteiger charge is 2.17. The lowest BCUT2D eigenvalue weighted by Crippen LogP contribution is -2.28. The van der Waals surface area contributed by atoms with Crippen molar-refractivity contribution >= 4 is 17.5 Å². The Hall–Kier alpha value is -2.76. The van der Waals surface area contributed by atoms with Crippen LogP contribution in [0.2, 0.25) is 0 Å². The number of rotatable bonds is 3. The summed E-state index contributed by atoms with van der Waals surface area (Å²) in [4.78, 5) is 31.3. The third-order valence-electron chi connectivity index (χ3n) is 3.67. The Bertz CT molecular complexity index is 715. The van der Waals surface area contributed by atoms with Gasteiger partial charge < -0.3 is 10.6 Å². The first-order valence-electron chi connectivity index (χ1n) is 7.13. The first-order chi connectivity index (χ1) is 10.6. The highest BCUT2D eigenvalue weighted by molar-refractivity contribution is 5.94. The summed E-state index contributed by atoms with van der Waals surface area (Å²) in [6, 6.07) is 5.66. The van der Waals surface area contributed by atoms with E-state index in [1.807, 2.05) is 25.1 Å². The van der Waals surface area contributed by atoms with Gasteiger partial charge in [0.25, 0.3) is 5.91 Å². The van der Waals surface area contributed by atoms with Crippen LogP contribution in [0.4, 0.5) is 5.69 Å². The van der Waals surface area contributed by atoms with Crippen LogP contribution in [-0.4, -0.2) is 21.8 Å². The van der Waals surface area contributed by atoms with Crippen LogP contribution >= 0.6 is 0 Å². The summed E-state index contributed by atoms with van der Waals surface area (Å²) >= 11 is 0. The van der Waals surface area contributed by atoms with Crippen molar-refractivity contribution in [3.05, 3.63) is 53.6 Å². The molecule has 112 valence electrons. The van der Waals surface area contributed by atoms with E-state index in [-0.39, 0.29) is 17.9 Å². The maximum Gasteiger partial charge on any atom is 0.271 e. The largest absolute Gasteiger partial charge is 0.344 e. The van der Waals surface area contributed by atoms with Gasteiger partial charge in [-0.25, -0.2) is 4.98 Å². The monoisotopic (exact) mass is 296 g/mol. The Balaban J connectivity index is 1.74. The highest BCUT2D eigenvalue weighted by atomic mass is 16.2. The fraction of sp³-hybridized carbons (Fsp3) is 0.250. The van der Waals surface area contributed by atoms with E-state index in [9.17, 15) is 9.59 Å². The zero-order valence-corrected chi connectivity index (χ0v) is 12.2. The van der Waals surface area contributed by atoms with Gasteiger partial charge in [-0.15, -0.1) is 0 Å². The van der Waals surface area contributed by atoms with Crippen LogP contribution in [0.1, 0.15) is 41.0 Å². The van der Waals surface area contributed by atoms with E-state index in [1.54, 1.807) is 0 Å². The van der Waals surface area contributed by atoms with E-state index in [4.69, 9.17) is 0 Å². The zero-order valence-electron chi connectivity index (χ0n) is 12.2. The average Bonchev–Trinajstić information content (AvgIpc) is 2.55. The van der Waals surface area contributed by atoms with Gasteiger partial charge >= 0.3 is 0 Å². The van der Waals surface area contributed by atoms with Crippen molar-refractivity contribution in [3.8, 4) is 0 Å². The summed E-state index contributed by atoms with van der Waals surface area (Å²) in [7, 11) is 0. The fourth-order valence-electron chi connectivity index (χ4n) is 2.44. The highest BCUT2D eigenvalue weighted by Crippen LogP contribution is 2.26. The first-order valence-corrected chi connectivity index (χ1v) is 7.13. The predicted octanol–water partition coefficient (Wildman–Crippen LogP) is 1.85. The minimum absolute atomic E-state index is 0.0456. The fourth-order valence-corrected chi connectivity index (χ4v) is 2.44. The molecule has 0 unspecified atom stereocenters. The Morgan fingerprint density at radius 2 is 2.18 bits per heavy atom. The molecule has 1 aromatic heterocycles. The van der Waals surface area contributed by atoms with Gasteiger partial charge in [0.15, 0.2) is 0 Å². The minimum atomic E-state index is -0.258. The van der Waals surface area contributed by atoms with Gasteiger partial charge in [0.2, 0.25) is 5.91 Å². The summed E-state index contributed by atoms with van der Waals surface area (Å²) in [6.07, 6.45) is 5.67. The molecular weight excluding hydrogens is 280 g/mol. The molecule has 2 heterocycles. The van der Waals surface area contributed by atoms with Crippen LogP contribution in [-0.2, 0) is 11.2 Å². The summed E-state index contributed by atoms with van der Waals surface area (Å²) in [5.41, 5.74) is 3.23. The predicted molar refractivity (Wildman–Crippen MR) is 81.3 cm³/mol. The molecule has 2 N–H and O–H groups in total.